The molecule has 0 aliphatic carbocycles. The van der Waals surface area contributed by atoms with Gasteiger partial charge in [-0.3, -0.25) is 4.79 Å². The van der Waals surface area contributed by atoms with Crippen molar-refractivity contribution >= 4 is 35.1 Å². The predicted molar refractivity (Wildman–Crippen MR) is 78.9 cm³/mol. The number of ether oxygens (including phenoxy) is 1. The molecule has 1 aromatic rings. The molecule has 1 saturated heterocycles. The van der Waals surface area contributed by atoms with Gasteiger partial charge in [0.25, 0.3) is 0 Å². The highest BCUT2D eigenvalue weighted by Crippen LogP contribution is 2.27. The summed E-state index contributed by atoms with van der Waals surface area (Å²) in [6.07, 6.45) is 1.33. The van der Waals surface area contributed by atoms with Gasteiger partial charge in [-0.05, 0) is 31.0 Å². The van der Waals surface area contributed by atoms with E-state index in [1.54, 1.807) is 18.2 Å². The van der Waals surface area contributed by atoms with Crippen molar-refractivity contribution in [3.05, 3.63) is 28.2 Å². The van der Waals surface area contributed by atoms with Crippen LogP contribution in [0.5, 0.6) is 5.75 Å². The van der Waals surface area contributed by atoms with Crippen LogP contribution in [0.15, 0.2) is 18.2 Å². The summed E-state index contributed by atoms with van der Waals surface area (Å²) in [6.45, 7) is 0.626. The molecule has 114 valence electrons. The minimum Gasteiger partial charge on any atom is -0.491 e. The first kappa shape index (κ1) is 15.9. The number of carboxylic acids is 1. The highest BCUT2D eigenvalue weighted by molar-refractivity contribution is 6.35. The van der Waals surface area contributed by atoms with Crippen LogP contribution in [0, 0.1) is 0 Å². The quantitative estimate of drug-likeness (QED) is 0.900. The fourth-order valence-electron chi connectivity index (χ4n) is 2.31. The smallest absolute Gasteiger partial charge is 0.326 e. The summed E-state index contributed by atoms with van der Waals surface area (Å²) in [5.74, 6) is -0.724. The molecular formula is C14H15Cl2NO4. The lowest BCUT2D eigenvalue weighted by atomic mass is 10.2. The van der Waals surface area contributed by atoms with Crippen LogP contribution < -0.4 is 4.74 Å². The van der Waals surface area contributed by atoms with Crippen molar-refractivity contribution in [1.29, 1.82) is 0 Å². The van der Waals surface area contributed by atoms with Gasteiger partial charge in [0.1, 0.15) is 11.8 Å². The summed E-state index contributed by atoms with van der Waals surface area (Å²) in [4.78, 5) is 24.4. The Hall–Kier alpha value is -1.46. The van der Waals surface area contributed by atoms with Crippen LogP contribution >= 0.6 is 23.2 Å². The lowest BCUT2D eigenvalue weighted by molar-refractivity contribution is -0.148. The number of amides is 1. The van der Waals surface area contributed by atoms with Crippen molar-refractivity contribution in [2.45, 2.75) is 25.3 Å². The Bertz CT molecular complexity index is 550. The molecule has 2 rings (SSSR count). The number of hydrogen-bond acceptors (Lipinski definition) is 3. The zero-order valence-electron chi connectivity index (χ0n) is 11.2. The molecule has 5 nitrogen and oxygen atoms in total. The Morgan fingerprint density at radius 2 is 2.14 bits per heavy atom. The average molecular weight is 332 g/mol. The topological polar surface area (TPSA) is 66.8 Å². The summed E-state index contributed by atoms with van der Waals surface area (Å²) < 4.78 is 5.43. The van der Waals surface area contributed by atoms with E-state index in [-0.39, 0.29) is 18.9 Å². The second-order valence-electron chi connectivity index (χ2n) is 4.76. The lowest BCUT2D eigenvalue weighted by Gasteiger charge is -2.21. The van der Waals surface area contributed by atoms with Gasteiger partial charge in [0.05, 0.1) is 18.1 Å². The van der Waals surface area contributed by atoms with E-state index in [9.17, 15) is 9.59 Å². The fourth-order valence-corrected chi connectivity index (χ4v) is 2.77. The number of aliphatic carboxylic acids is 1. The van der Waals surface area contributed by atoms with Gasteiger partial charge in [-0.15, -0.1) is 0 Å². The van der Waals surface area contributed by atoms with Gasteiger partial charge in [-0.25, -0.2) is 4.79 Å². The van der Waals surface area contributed by atoms with Crippen molar-refractivity contribution in [2.24, 2.45) is 0 Å². The molecule has 1 amide bonds. The number of carbonyl (C=O) groups is 2. The number of carboxylic acid groups (broad SMARTS) is 1. The van der Waals surface area contributed by atoms with Crippen LogP contribution in [-0.4, -0.2) is 41.1 Å². The van der Waals surface area contributed by atoms with Crippen molar-refractivity contribution in [2.75, 3.05) is 13.2 Å². The van der Waals surface area contributed by atoms with Crippen LogP contribution in [0.25, 0.3) is 0 Å². The fraction of sp³-hybridized carbons (Fsp3) is 0.429. The van der Waals surface area contributed by atoms with Gasteiger partial charge in [0.2, 0.25) is 5.91 Å². The van der Waals surface area contributed by atoms with Crippen LogP contribution in [0.2, 0.25) is 10.0 Å². The van der Waals surface area contributed by atoms with Crippen molar-refractivity contribution < 1.29 is 19.4 Å². The monoisotopic (exact) mass is 331 g/mol. The number of halogens is 2. The largest absolute Gasteiger partial charge is 0.491 e. The maximum atomic E-state index is 12.0. The van der Waals surface area contributed by atoms with Crippen LogP contribution in [0.3, 0.4) is 0 Å². The van der Waals surface area contributed by atoms with E-state index in [4.69, 9.17) is 33.0 Å². The molecule has 7 heteroatoms. The third kappa shape index (κ3) is 4.02. The lowest BCUT2D eigenvalue weighted by Crippen LogP contribution is -2.40. The predicted octanol–water partition coefficient (Wildman–Crippen LogP) is 2.84. The third-order valence-electron chi connectivity index (χ3n) is 3.33. The standard InChI is InChI=1S/C14H15Cl2NO4/c15-9-3-4-12(10(16)8-9)21-7-5-13(18)17-6-1-2-11(17)14(19)20/h3-4,8,11H,1-2,5-7H2,(H,19,20)/t11-/m0/s1. The zero-order chi connectivity index (χ0) is 15.4. The maximum absolute atomic E-state index is 12.0. The number of benzene rings is 1. The normalized spacial score (nSPS) is 17.8. The Morgan fingerprint density at radius 1 is 1.38 bits per heavy atom. The van der Waals surface area contributed by atoms with Gasteiger partial charge < -0.3 is 14.7 Å². The van der Waals surface area contributed by atoms with Crippen molar-refractivity contribution in [3.63, 3.8) is 0 Å². The van der Waals surface area contributed by atoms with Crippen LogP contribution in [0.1, 0.15) is 19.3 Å². The van der Waals surface area contributed by atoms with E-state index in [1.165, 1.54) is 4.90 Å². The average Bonchev–Trinajstić information content (AvgIpc) is 2.90. The SMILES string of the molecule is O=C(O)[C@@H]1CCCN1C(=O)CCOc1ccc(Cl)cc1Cl. The number of carbonyl (C=O) groups excluding carboxylic acids is 1. The van der Waals surface area contributed by atoms with Crippen LogP contribution in [-0.2, 0) is 9.59 Å². The first-order valence-electron chi connectivity index (χ1n) is 6.59. The maximum Gasteiger partial charge on any atom is 0.326 e. The highest BCUT2D eigenvalue weighted by Gasteiger charge is 2.33. The molecule has 1 N–H and O–H groups in total. The molecule has 1 heterocycles. The van der Waals surface area contributed by atoms with E-state index < -0.39 is 12.0 Å². The molecule has 0 bridgehead atoms. The molecular weight excluding hydrogens is 317 g/mol. The van der Waals surface area contributed by atoms with Gasteiger partial charge >= 0.3 is 5.97 Å². The first-order chi connectivity index (χ1) is 9.99. The third-order valence-corrected chi connectivity index (χ3v) is 3.86. The highest BCUT2D eigenvalue weighted by atomic mass is 35.5. The number of nitrogens with zero attached hydrogens (tertiary/aromatic N) is 1. The summed E-state index contributed by atoms with van der Waals surface area (Å²) in [5, 5.41) is 9.92. The molecule has 1 aliphatic rings. The minimum absolute atomic E-state index is 0.114. The summed E-state index contributed by atoms with van der Waals surface area (Å²) in [6, 6.07) is 4.12. The summed E-state index contributed by atoms with van der Waals surface area (Å²) in [7, 11) is 0. The Morgan fingerprint density at radius 3 is 2.81 bits per heavy atom. The van der Waals surface area contributed by atoms with Crippen molar-refractivity contribution in [1.82, 2.24) is 4.90 Å². The van der Waals surface area contributed by atoms with E-state index in [2.05, 4.69) is 0 Å². The van der Waals surface area contributed by atoms with Gasteiger partial charge in [0, 0.05) is 11.6 Å². The molecule has 0 saturated carbocycles. The van der Waals surface area contributed by atoms with E-state index in [0.29, 0.717) is 35.2 Å². The first-order valence-corrected chi connectivity index (χ1v) is 7.35. The second kappa shape index (κ2) is 7.00. The van der Waals surface area contributed by atoms with Gasteiger partial charge in [-0.1, -0.05) is 23.2 Å². The van der Waals surface area contributed by atoms with Crippen molar-refractivity contribution in [3.8, 4) is 5.75 Å². The van der Waals surface area contributed by atoms with Gasteiger partial charge in [-0.2, -0.15) is 0 Å². The summed E-state index contributed by atoms with van der Waals surface area (Å²) in [5.41, 5.74) is 0. The molecule has 21 heavy (non-hydrogen) atoms. The number of likely N-dealkylation sites (tertiary alicyclic amines) is 1. The Labute approximate surface area is 132 Å². The summed E-state index contributed by atoms with van der Waals surface area (Å²) >= 11 is 11.7. The van der Waals surface area contributed by atoms with Gasteiger partial charge in [0.15, 0.2) is 0 Å². The molecule has 1 aromatic carbocycles. The van der Waals surface area contributed by atoms with E-state index >= 15 is 0 Å². The number of hydrogen-bond donors (Lipinski definition) is 1. The zero-order valence-corrected chi connectivity index (χ0v) is 12.7. The Kier molecular flexibility index (Phi) is 5.31. The molecule has 0 aromatic heterocycles. The molecule has 1 fully saturated rings. The minimum atomic E-state index is -0.956. The second-order valence-corrected chi connectivity index (χ2v) is 5.60. The number of rotatable bonds is 5. The van der Waals surface area contributed by atoms with E-state index in [0.717, 1.165) is 0 Å². The molecule has 0 spiro atoms. The Balaban J connectivity index is 1.85. The molecule has 0 unspecified atom stereocenters. The molecule has 0 radical (unpaired) electrons. The molecule has 1 atom stereocenters. The van der Waals surface area contributed by atoms with Crippen LogP contribution in [0.4, 0.5) is 0 Å². The molecule has 1 aliphatic heterocycles. The van der Waals surface area contributed by atoms with E-state index in [1.807, 2.05) is 0 Å².